The van der Waals surface area contributed by atoms with Crippen molar-refractivity contribution < 1.29 is 4.79 Å². The van der Waals surface area contributed by atoms with E-state index in [1.807, 2.05) is 12.1 Å². The lowest BCUT2D eigenvalue weighted by atomic mass is 10.00. The molecule has 3 N–H and O–H groups in total. The average molecular weight is 188 g/mol. The van der Waals surface area contributed by atoms with Crippen molar-refractivity contribution in [3.05, 3.63) is 34.9 Å². The third-order valence-corrected chi connectivity index (χ3v) is 3.15. The Bertz CT molecular complexity index is 421. The van der Waals surface area contributed by atoms with Gasteiger partial charge in [-0.1, -0.05) is 12.1 Å². The van der Waals surface area contributed by atoms with Crippen LogP contribution in [-0.4, -0.2) is 5.91 Å². The second-order valence-electron chi connectivity index (χ2n) is 4.21. The van der Waals surface area contributed by atoms with Gasteiger partial charge in [0.2, 0.25) is 0 Å². The Balaban J connectivity index is 2.08. The molecule has 1 aliphatic heterocycles. The van der Waals surface area contributed by atoms with Crippen LogP contribution < -0.4 is 11.1 Å². The maximum atomic E-state index is 11.3. The highest BCUT2D eigenvalue weighted by molar-refractivity contribution is 5.98. The topological polar surface area (TPSA) is 55.1 Å². The fraction of sp³-hybridized carbons (Fsp3) is 0.364. The molecule has 1 fully saturated rings. The first kappa shape index (κ1) is 8.00. The van der Waals surface area contributed by atoms with E-state index in [0.29, 0.717) is 6.54 Å². The first-order valence-electron chi connectivity index (χ1n) is 4.90. The Hall–Kier alpha value is -1.35. The lowest BCUT2D eigenvalue weighted by molar-refractivity contribution is 0.0966. The molecule has 1 amide bonds. The molecule has 1 aliphatic carbocycles. The number of fused-ring (bicyclic) bond motifs is 1. The number of nitrogens with one attached hydrogen (secondary N) is 1. The van der Waals surface area contributed by atoms with E-state index >= 15 is 0 Å². The first-order valence-corrected chi connectivity index (χ1v) is 4.90. The molecule has 0 radical (unpaired) electrons. The molecule has 0 bridgehead atoms. The van der Waals surface area contributed by atoms with Crippen molar-refractivity contribution in [3.8, 4) is 0 Å². The van der Waals surface area contributed by atoms with Crippen molar-refractivity contribution in [2.45, 2.75) is 24.9 Å². The highest BCUT2D eigenvalue weighted by Crippen LogP contribution is 2.43. The van der Waals surface area contributed by atoms with Gasteiger partial charge in [0, 0.05) is 17.6 Å². The van der Waals surface area contributed by atoms with Crippen LogP contribution in [0.4, 0.5) is 0 Å². The Morgan fingerprint density at radius 2 is 2.14 bits per heavy atom. The van der Waals surface area contributed by atoms with Crippen molar-refractivity contribution in [1.82, 2.24) is 5.32 Å². The molecule has 0 aromatic heterocycles. The van der Waals surface area contributed by atoms with Crippen LogP contribution >= 0.6 is 0 Å². The Morgan fingerprint density at radius 3 is 2.86 bits per heavy atom. The number of amides is 1. The molecule has 3 nitrogen and oxygen atoms in total. The molecule has 3 rings (SSSR count). The molecule has 3 heteroatoms. The van der Waals surface area contributed by atoms with Crippen molar-refractivity contribution in [2.24, 2.45) is 5.73 Å². The minimum Gasteiger partial charge on any atom is -0.348 e. The van der Waals surface area contributed by atoms with Gasteiger partial charge in [-0.05, 0) is 30.0 Å². The fourth-order valence-corrected chi connectivity index (χ4v) is 1.97. The van der Waals surface area contributed by atoms with Crippen LogP contribution in [0.3, 0.4) is 0 Å². The maximum Gasteiger partial charge on any atom is 0.251 e. The summed E-state index contributed by atoms with van der Waals surface area (Å²) in [7, 11) is 0. The van der Waals surface area contributed by atoms with Crippen LogP contribution in [0.2, 0.25) is 0 Å². The number of hydrogen-bond acceptors (Lipinski definition) is 2. The molecule has 1 aromatic carbocycles. The second-order valence-corrected chi connectivity index (χ2v) is 4.21. The number of rotatable bonds is 1. The summed E-state index contributed by atoms with van der Waals surface area (Å²) in [6.07, 6.45) is 2.13. The molecule has 0 saturated heterocycles. The van der Waals surface area contributed by atoms with E-state index in [2.05, 4.69) is 11.4 Å². The van der Waals surface area contributed by atoms with E-state index in [9.17, 15) is 4.79 Å². The Labute approximate surface area is 82.3 Å². The number of carbonyl (C=O) groups excluding carboxylic acids is 1. The van der Waals surface area contributed by atoms with Gasteiger partial charge in [0.05, 0.1) is 0 Å². The number of benzene rings is 1. The van der Waals surface area contributed by atoms with Crippen LogP contribution in [0.25, 0.3) is 0 Å². The average Bonchev–Trinajstić information content (AvgIpc) is 2.84. The summed E-state index contributed by atoms with van der Waals surface area (Å²) in [5.41, 5.74) is 9.06. The molecular formula is C11H12N2O. The highest BCUT2D eigenvalue weighted by Gasteiger charge is 2.40. The van der Waals surface area contributed by atoms with Gasteiger partial charge >= 0.3 is 0 Å². The van der Waals surface area contributed by atoms with Crippen LogP contribution in [0, 0.1) is 0 Å². The van der Waals surface area contributed by atoms with Gasteiger partial charge in [0.25, 0.3) is 5.91 Å². The summed E-state index contributed by atoms with van der Waals surface area (Å²) in [6.45, 7) is 0.651. The van der Waals surface area contributed by atoms with Crippen molar-refractivity contribution in [2.75, 3.05) is 0 Å². The van der Waals surface area contributed by atoms with Crippen LogP contribution in [-0.2, 0) is 12.1 Å². The third-order valence-electron chi connectivity index (χ3n) is 3.15. The van der Waals surface area contributed by atoms with E-state index in [1.165, 1.54) is 5.56 Å². The summed E-state index contributed by atoms with van der Waals surface area (Å²) in [5, 5.41) is 2.80. The van der Waals surface area contributed by atoms with E-state index < -0.39 is 0 Å². The molecule has 2 aliphatic rings. The minimum absolute atomic E-state index is 0.0356. The molecule has 1 heterocycles. The summed E-state index contributed by atoms with van der Waals surface area (Å²) in [5.74, 6) is 0.0356. The summed E-state index contributed by atoms with van der Waals surface area (Å²) < 4.78 is 0. The van der Waals surface area contributed by atoms with Crippen LogP contribution in [0.1, 0.15) is 34.3 Å². The standard InChI is InChI=1S/C11H12N2O/c12-11(3-4-11)8-1-2-9-7(5-8)6-13-10(9)14/h1-2,5H,3-4,6,12H2,(H,13,14). The zero-order valence-electron chi connectivity index (χ0n) is 7.84. The fourth-order valence-electron chi connectivity index (χ4n) is 1.97. The van der Waals surface area contributed by atoms with Crippen molar-refractivity contribution in [3.63, 3.8) is 0 Å². The Kier molecular flexibility index (Phi) is 1.35. The molecule has 1 saturated carbocycles. The van der Waals surface area contributed by atoms with Gasteiger partial charge in [-0.25, -0.2) is 0 Å². The largest absolute Gasteiger partial charge is 0.348 e. The van der Waals surface area contributed by atoms with Gasteiger partial charge in [-0.15, -0.1) is 0 Å². The lowest BCUT2D eigenvalue weighted by Gasteiger charge is -2.09. The van der Waals surface area contributed by atoms with Gasteiger partial charge in [-0.3, -0.25) is 4.79 Å². The van der Waals surface area contributed by atoms with Crippen molar-refractivity contribution >= 4 is 5.91 Å². The SMILES string of the molecule is NC1(c2ccc3c(c2)CNC3=O)CC1. The first-order chi connectivity index (χ1) is 6.69. The lowest BCUT2D eigenvalue weighted by Crippen LogP contribution is -2.18. The summed E-state index contributed by atoms with van der Waals surface area (Å²) in [6, 6.07) is 5.94. The molecule has 0 atom stereocenters. The zero-order valence-corrected chi connectivity index (χ0v) is 7.84. The van der Waals surface area contributed by atoms with Crippen molar-refractivity contribution in [1.29, 1.82) is 0 Å². The van der Waals surface area contributed by atoms with Gasteiger partial charge in [-0.2, -0.15) is 0 Å². The molecule has 14 heavy (non-hydrogen) atoms. The molecule has 0 unspecified atom stereocenters. The van der Waals surface area contributed by atoms with Gasteiger partial charge in [0.1, 0.15) is 0 Å². The predicted octanol–water partition coefficient (Wildman–Crippen LogP) is 0.878. The maximum absolute atomic E-state index is 11.3. The predicted molar refractivity (Wildman–Crippen MR) is 52.7 cm³/mol. The summed E-state index contributed by atoms with van der Waals surface area (Å²) >= 11 is 0. The zero-order chi connectivity index (χ0) is 9.76. The number of hydrogen-bond donors (Lipinski definition) is 2. The smallest absolute Gasteiger partial charge is 0.251 e. The van der Waals surface area contributed by atoms with Gasteiger partial charge < -0.3 is 11.1 Å². The molecule has 0 spiro atoms. The Morgan fingerprint density at radius 1 is 1.36 bits per heavy atom. The normalized spacial score (nSPS) is 21.6. The summed E-state index contributed by atoms with van der Waals surface area (Å²) in [4.78, 5) is 11.3. The third kappa shape index (κ3) is 0.990. The van der Waals surface area contributed by atoms with E-state index in [0.717, 1.165) is 24.0 Å². The molecule has 72 valence electrons. The highest BCUT2D eigenvalue weighted by atomic mass is 16.1. The van der Waals surface area contributed by atoms with E-state index in [-0.39, 0.29) is 11.4 Å². The van der Waals surface area contributed by atoms with E-state index in [1.54, 1.807) is 0 Å². The second kappa shape index (κ2) is 2.36. The molecule has 1 aromatic rings. The van der Waals surface area contributed by atoms with Gasteiger partial charge in [0.15, 0.2) is 0 Å². The van der Waals surface area contributed by atoms with Crippen LogP contribution in [0.15, 0.2) is 18.2 Å². The minimum atomic E-state index is -0.0966. The number of carbonyl (C=O) groups is 1. The quantitative estimate of drug-likeness (QED) is 0.687. The van der Waals surface area contributed by atoms with E-state index in [4.69, 9.17) is 5.73 Å². The number of nitrogens with two attached hydrogens (primary N) is 1. The van der Waals surface area contributed by atoms with Crippen LogP contribution in [0.5, 0.6) is 0 Å². The monoisotopic (exact) mass is 188 g/mol. The molecular weight excluding hydrogens is 176 g/mol.